The number of nitrogens with zero attached hydrogens (tertiary/aromatic N) is 5. The molecule has 0 amide bonds. The number of hydrogen-bond donors (Lipinski definition) is 0. The predicted octanol–water partition coefficient (Wildman–Crippen LogP) is 8.91. The second-order valence-corrected chi connectivity index (χ2v) is 12.9. The van der Waals surface area contributed by atoms with Crippen molar-refractivity contribution in [3.8, 4) is 51.4 Å². The molecule has 3 aromatic carbocycles. The van der Waals surface area contributed by atoms with Gasteiger partial charge in [0.25, 0.3) is 0 Å². The van der Waals surface area contributed by atoms with E-state index in [0.717, 1.165) is 40.0 Å². The van der Waals surface area contributed by atoms with Gasteiger partial charge in [0, 0.05) is 22.9 Å². The molecule has 2 unspecified atom stereocenters. The molecule has 5 heteroatoms. The van der Waals surface area contributed by atoms with E-state index in [1.54, 1.807) is 12.3 Å². The highest BCUT2D eigenvalue weighted by Crippen LogP contribution is 2.51. The molecule has 5 nitrogen and oxygen atoms in total. The average Bonchev–Trinajstić information content (AvgIpc) is 3.04. The first-order valence-corrected chi connectivity index (χ1v) is 15.4. The van der Waals surface area contributed by atoms with Gasteiger partial charge in [0.15, 0.2) is 17.5 Å². The number of nitriles is 1. The van der Waals surface area contributed by atoms with Crippen molar-refractivity contribution in [1.29, 1.82) is 5.26 Å². The summed E-state index contributed by atoms with van der Waals surface area (Å²) < 4.78 is 0. The summed E-state index contributed by atoms with van der Waals surface area (Å²) in [4.78, 5) is 18.8. The van der Waals surface area contributed by atoms with E-state index in [-0.39, 0.29) is 5.41 Å². The molecule has 5 aromatic rings. The van der Waals surface area contributed by atoms with Gasteiger partial charge in [0.2, 0.25) is 0 Å². The van der Waals surface area contributed by atoms with Crippen molar-refractivity contribution in [2.24, 2.45) is 17.8 Å². The maximum atomic E-state index is 9.19. The van der Waals surface area contributed by atoms with Crippen LogP contribution in [0.5, 0.6) is 0 Å². The van der Waals surface area contributed by atoms with E-state index < -0.39 is 0 Å². The number of aromatic nitrogens is 4. The van der Waals surface area contributed by atoms with Crippen molar-refractivity contribution in [2.45, 2.75) is 51.4 Å². The summed E-state index contributed by atoms with van der Waals surface area (Å²) >= 11 is 0. The lowest BCUT2D eigenvalue weighted by atomic mass is 9.57. The molecule has 0 N–H and O–H groups in total. The van der Waals surface area contributed by atoms with E-state index in [2.05, 4.69) is 67.4 Å². The Bertz CT molecular complexity index is 1770. The predicted molar refractivity (Wildman–Crippen MR) is 171 cm³/mol. The Morgan fingerprint density at radius 2 is 1.26 bits per heavy atom. The highest BCUT2D eigenvalue weighted by atomic mass is 15.0. The molecule has 2 fully saturated rings. The highest BCUT2D eigenvalue weighted by molar-refractivity contribution is 5.72. The van der Waals surface area contributed by atoms with Gasteiger partial charge in [-0.3, -0.25) is 0 Å². The van der Waals surface area contributed by atoms with E-state index in [4.69, 9.17) is 15.0 Å². The first-order chi connectivity index (χ1) is 21.0. The second kappa shape index (κ2) is 11.2. The molecule has 0 saturated heterocycles. The third kappa shape index (κ3) is 5.58. The molecule has 2 aliphatic carbocycles. The van der Waals surface area contributed by atoms with Crippen molar-refractivity contribution in [3.63, 3.8) is 0 Å². The standard InChI is InChI=1S/C38H35N5/c1-25-17-26-19-27(18-25)22-38(2,21-26)33-14-11-28(12-15-33)30-9-6-10-31(20-30)36-41-35(29-7-4-3-5-8-29)42-37(43-36)32-13-16-34(23-39)40-24-32/h3-16,20,24-27H,17-19,21-22H2,1-2H3/t25?,26-,27+,38?. The van der Waals surface area contributed by atoms with E-state index >= 15 is 0 Å². The molecule has 0 radical (unpaired) electrons. The zero-order valence-corrected chi connectivity index (χ0v) is 24.7. The Morgan fingerprint density at radius 1 is 0.651 bits per heavy atom. The van der Waals surface area contributed by atoms with Crippen LogP contribution in [0, 0.1) is 29.1 Å². The molecule has 2 aromatic heterocycles. The SMILES string of the molecule is CC1C[C@@H]2C[C@H](C1)CC(C)(c1ccc(-c3cccc(-c4nc(-c5ccccc5)nc(-c5ccc(C#N)nc5)n4)c3)cc1)C2. The number of pyridine rings is 1. The fraction of sp³-hybridized carbons (Fsp3) is 0.289. The molecule has 2 heterocycles. The molecule has 43 heavy (non-hydrogen) atoms. The van der Waals surface area contributed by atoms with Crippen LogP contribution in [0.3, 0.4) is 0 Å². The third-order valence-corrected chi connectivity index (χ3v) is 9.46. The van der Waals surface area contributed by atoms with E-state index in [9.17, 15) is 5.26 Å². The molecule has 212 valence electrons. The summed E-state index contributed by atoms with van der Waals surface area (Å²) in [5.74, 6) is 4.34. The van der Waals surface area contributed by atoms with Crippen molar-refractivity contribution in [1.82, 2.24) is 19.9 Å². The minimum Gasteiger partial charge on any atom is -0.245 e. The largest absolute Gasteiger partial charge is 0.245 e. The smallest absolute Gasteiger partial charge is 0.165 e. The summed E-state index contributed by atoms with van der Waals surface area (Å²) in [7, 11) is 0. The number of fused-ring (bicyclic) bond motifs is 2. The van der Waals surface area contributed by atoms with E-state index in [1.807, 2.05) is 42.5 Å². The molecule has 0 spiro atoms. The zero-order chi connectivity index (χ0) is 29.4. The summed E-state index contributed by atoms with van der Waals surface area (Å²) in [5.41, 5.74) is 6.99. The Labute approximate surface area is 253 Å². The minimum atomic E-state index is 0.267. The van der Waals surface area contributed by atoms with Crippen LogP contribution in [-0.2, 0) is 5.41 Å². The normalized spacial score (nSPS) is 23.0. The van der Waals surface area contributed by atoms with Crippen LogP contribution in [0.2, 0.25) is 0 Å². The molecule has 7 rings (SSSR count). The maximum Gasteiger partial charge on any atom is 0.165 e. The fourth-order valence-electron chi connectivity index (χ4n) is 7.67. The van der Waals surface area contributed by atoms with Gasteiger partial charge in [-0.2, -0.15) is 5.26 Å². The van der Waals surface area contributed by atoms with Gasteiger partial charge in [-0.15, -0.1) is 0 Å². The second-order valence-electron chi connectivity index (χ2n) is 12.9. The Morgan fingerprint density at radius 3 is 1.91 bits per heavy atom. The number of rotatable bonds is 5. The Balaban J connectivity index is 1.22. The lowest BCUT2D eigenvalue weighted by Gasteiger charge is -2.47. The molecule has 2 bridgehead atoms. The number of hydrogen-bond acceptors (Lipinski definition) is 5. The van der Waals surface area contributed by atoms with Gasteiger partial charge in [-0.1, -0.05) is 86.6 Å². The summed E-state index contributed by atoms with van der Waals surface area (Å²) in [5, 5.41) is 9.19. The van der Waals surface area contributed by atoms with E-state index in [0.29, 0.717) is 23.2 Å². The lowest BCUT2D eigenvalue weighted by molar-refractivity contribution is 0.0899. The molecule has 2 aliphatic rings. The Hall–Kier alpha value is -4.69. The third-order valence-electron chi connectivity index (χ3n) is 9.46. The van der Waals surface area contributed by atoms with Crippen LogP contribution >= 0.6 is 0 Å². The molecular weight excluding hydrogens is 526 g/mol. The highest BCUT2D eigenvalue weighted by Gasteiger charge is 2.41. The fourth-order valence-corrected chi connectivity index (χ4v) is 7.67. The molecule has 0 aliphatic heterocycles. The lowest BCUT2D eigenvalue weighted by Crippen LogP contribution is -2.38. The monoisotopic (exact) mass is 561 g/mol. The zero-order valence-electron chi connectivity index (χ0n) is 24.7. The summed E-state index contributed by atoms with van der Waals surface area (Å²) in [6.45, 7) is 4.93. The first kappa shape index (κ1) is 27.2. The quantitative estimate of drug-likeness (QED) is 0.214. The molecule has 4 atom stereocenters. The Kier molecular flexibility index (Phi) is 7.07. The van der Waals surface area contributed by atoms with Crippen molar-refractivity contribution in [3.05, 3.63) is 108 Å². The van der Waals surface area contributed by atoms with Gasteiger partial charge in [-0.05, 0) is 90.2 Å². The molecule has 2 saturated carbocycles. The maximum absolute atomic E-state index is 9.19. The van der Waals surface area contributed by atoms with Crippen LogP contribution in [0.1, 0.15) is 57.2 Å². The van der Waals surface area contributed by atoms with Crippen molar-refractivity contribution >= 4 is 0 Å². The summed E-state index contributed by atoms with van der Waals surface area (Å²) in [6, 6.07) is 33.2. The van der Waals surface area contributed by atoms with Gasteiger partial charge >= 0.3 is 0 Å². The van der Waals surface area contributed by atoms with E-state index in [1.165, 1.54) is 43.2 Å². The molecular formula is C38H35N5. The van der Waals surface area contributed by atoms with Gasteiger partial charge in [0.05, 0.1) is 0 Å². The first-order valence-electron chi connectivity index (χ1n) is 15.4. The number of benzene rings is 3. The van der Waals surface area contributed by atoms with Crippen LogP contribution < -0.4 is 0 Å². The van der Waals surface area contributed by atoms with Gasteiger partial charge in [-0.25, -0.2) is 19.9 Å². The average molecular weight is 562 g/mol. The minimum absolute atomic E-state index is 0.267. The van der Waals surface area contributed by atoms with Gasteiger partial charge < -0.3 is 0 Å². The topological polar surface area (TPSA) is 75.3 Å². The van der Waals surface area contributed by atoms with Crippen LogP contribution in [0.25, 0.3) is 45.3 Å². The van der Waals surface area contributed by atoms with Crippen LogP contribution in [0.15, 0.2) is 97.2 Å². The van der Waals surface area contributed by atoms with Crippen molar-refractivity contribution in [2.75, 3.05) is 0 Å². The summed E-state index contributed by atoms with van der Waals surface area (Å²) in [6.07, 6.45) is 8.47. The van der Waals surface area contributed by atoms with Crippen LogP contribution in [-0.4, -0.2) is 19.9 Å². The van der Waals surface area contributed by atoms with Gasteiger partial charge in [0.1, 0.15) is 11.8 Å². The van der Waals surface area contributed by atoms with Crippen molar-refractivity contribution < 1.29 is 0 Å². The van der Waals surface area contributed by atoms with Crippen LogP contribution in [0.4, 0.5) is 0 Å².